The van der Waals surface area contributed by atoms with Crippen LogP contribution in [0.1, 0.15) is 44.9 Å². The quantitative estimate of drug-likeness (QED) is 0.868. The zero-order valence-electron chi connectivity index (χ0n) is 14.3. The van der Waals surface area contributed by atoms with Crippen molar-refractivity contribution in [2.45, 2.75) is 51.0 Å². The van der Waals surface area contributed by atoms with Crippen LogP contribution in [-0.4, -0.2) is 32.8 Å². The predicted molar refractivity (Wildman–Crippen MR) is 100 cm³/mol. The lowest BCUT2D eigenvalue weighted by Crippen LogP contribution is -2.34. The number of rotatable bonds is 5. The van der Waals surface area contributed by atoms with E-state index in [4.69, 9.17) is 4.74 Å². The SMILES string of the molecule is CN(CC1CCCCC1)c1ccc(OC2CCNCC2)cc1.Cl. The zero-order valence-corrected chi connectivity index (χ0v) is 15.1. The molecule has 1 saturated carbocycles. The van der Waals surface area contributed by atoms with Gasteiger partial charge in [0, 0.05) is 19.3 Å². The Balaban J connectivity index is 0.00000192. The lowest BCUT2D eigenvalue weighted by atomic mass is 9.89. The van der Waals surface area contributed by atoms with Crippen LogP contribution in [0.5, 0.6) is 5.75 Å². The van der Waals surface area contributed by atoms with Gasteiger partial charge < -0.3 is 15.0 Å². The van der Waals surface area contributed by atoms with Gasteiger partial charge in [-0.1, -0.05) is 19.3 Å². The van der Waals surface area contributed by atoms with E-state index in [0.717, 1.165) is 37.6 Å². The van der Waals surface area contributed by atoms with Crippen LogP contribution in [0.2, 0.25) is 0 Å². The number of benzene rings is 1. The molecule has 2 aliphatic rings. The van der Waals surface area contributed by atoms with Gasteiger partial charge in [-0.15, -0.1) is 12.4 Å². The van der Waals surface area contributed by atoms with E-state index in [1.165, 1.54) is 44.3 Å². The average molecular weight is 339 g/mol. The van der Waals surface area contributed by atoms with Crippen molar-refractivity contribution in [3.05, 3.63) is 24.3 Å². The van der Waals surface area contributed by atoms with Crippen LogP contribution in [-0.2, 0) is 0 Å². The van der Waals surface area contributed by atoms with E-state index in [9.17, 15) is 0 Å². The number of piperidine rings is 1. The maximum atomic E-state index is 6.08. The number of nitrogens with one attached hydrogen (secondary N) is 1. The Labute approximate surface area is 147 Å². The Kier molecular flexibility index (Phi) is 7.51. The average Bonchev–Trinajstić information content (AvgIpc) is 2.57. The van der Waals surface area contributed by atoms with Gasteiger partial charge in [-0.25, -0.2) is 0 Å². The Bertz CT molecular complexity index is 439. The molecule has 1 heterocycles. The van der Waals surface area contributed by atoms with E-state index in [0.29, 0.717) is 6.10 Å². The van der Waals surface area contributed by atoms with Crippen molar-refractivity contribution in [1.82, 2.24) is 5.32 Å². The first-order valence-electron chi connectivity index (χ1n) is 9.00. The van der Waals surface area contributed by atoms with E-state index in [2.05, 4.69) is 41.5 Å². The first kappa shape index (κ1) is 18.4. The molecule has 2 fully saturated rings. The van der Waals surface area contributed by atoms with Crippen molar-refractivity contribution < 1.29 is 4.74 Å². The Hall–Kier alpha value is -0.930. The third kappa shape index (κ3) is 5.58. The summed E-state index contributed by atoms with van der Waals surface area (Å²) in [5, 5.41) is 3.38. The molecule has 1 N–H and O–H groups in total. The van der Waals surface area contributed by atoms with Crippen LogP contribution < -0.4 is 15.0 Å². The number of ether oxygens (including phenoxy) is 1. The van der Waals surface area contributed by atoms with Gasteiger partial charge >= 0.3 is 0 Å². The summed E-state index contributed by atoms with van der Waals surface area (Å²) in [6.45, 7) is 3.34. The minimum atomic E-state index is 0. The second kappa shape index (κ2) is 9.39. The molecule has 0 bridgehead atoms. The van der Waals surface area contributed by atoms with Crippen molar-refractivity contribution in [3.8, 4) is 5.75 Å². The Morgan fingerprint density at radius 1 is 1.00 bits per heavy atom. The summed E-state index contributed by atoms with van der Waals surface area (Å²) in [6.07, 6.45) is 9.69. The molecule has 1 aliphatic carbocycles. The van der Waals surface area contributed by atoms with Crippen LogP contribution in [0.4, 0.5) is 5.69 Å². The summed E-state index contributed by atoms with van der Waals surface area (Å²) in [6, 6.07) is 8.68. The van der Waals surface area contributed by atoms with Crippen LogP contribution in [0, 0.1) is 5.92 Å². The first-order chi connectivity index (χ1) is 10.8. The third-order valence-electron chi connectivity index (χ3n) is 5.12. The Morgan fingerprint density at radius 2 is 1.65 bits per heavy atom. The van der Waals surface area contributed by atoms with Crippen molar-refractivity contribution in [2.24, 2.45) is 5.92 Å². The molecule has 1 aliphatic heterocycles. The molecule has 0 radical (unpaired) electrons. The minimum Gasteiger partial charge on any atom is -0.490 e. The molecule has 3 rings (SSSR count). The van der Waals surface area contributed by atoms with Gasteiger partial charge in [0.05, 0.1) is 0 Å². The minimum absolute atomic E-state index is 0. The predicted octanol–water partition coefficient (Wildman–Crippen LogP) is 4.26. The number of nitrogens with zero attached hydrogens (tertiary/aromatic N) is 1. The normalized spacial score (nSPS) is 19.9. The van der Waals surface area contributed by atoms with E-state index < -0.39 is 0 Å². The highest BCUT2D eigenvalue weighted by Crippen LogP contribution is 2.27. The number of halogens is 1. The number of anilines is 1. The van der Waals surface area contributed by atoms with E-state index in [-0.39, 0.29) is 12.4 Å². The van der Waals surface area contributed by atoms with Crippen LogP contribution >= 0.6 is 12.4 Å². The molecule has 23 heavy (non-hydrogen) atoms. The second-order valence-electron chi connectivity index (χ2n) is 6.95. The highest BCUT2D eigenvalue weighted by atomic mass is 35.5. The smallest absolute Gasteiger partial charge is 0.119 e. The second-order valence-corrected chi connectivity index (χ2v) is 6.95. The largest absolute Gasteiger partial charge is 0.490 e. The molecule has 3 nitrogen and oxygen atoms in total. The molecular weight excluding hydrogens is 308 g/mol. The highest BCUT2D eigenvalue weighted by molar-refractivity contribution is 5.85. The topological polar surface area (TPSA) is 24.5 Å². The molecule has 0 amide bonds. The summed E-state index contributed by atoms with van der Waals surface area (Å²) in [7, 11) is 2.22. The van der Waals surface area contributed by atoms with Gasteiger partial charge in [0.1, 0.15) is 11.9 Å². The standard InChI is InChI=1S/C19H30N2O.ClH/c1-21(15-16-5-3-2-4-6-16)17-7-9-18(10-8-17)22-19-11-13-20-14-12-19;/h7-10,16,19-20H,2-6,11-15H2,1H3;1H. The van der Waals surface area contributed by atoms with Crippen molar-refractivity contribution in [1.29, 1.82) is 0 Å². The number of hydrogen-bond donors (Lipinski definition) is 1. The molecule has 130 valence electrons. The fourth-order valence-electron chi connectivity index (χ4n) is 3.75. The summed E-state index contributed by atoms with van der Waals surface area (Å²) in [5.41, 5.74) is 1.31. The molecule has 1 aromatic rings. The van der Waals surface area contributed by atoms with Gasteiger partial charge in [-0.05, 0) is 69.0 Å². The van der Waals surface area contributed by atoms with Crippen LogP contribution in [0.15, 0.2) is 24.3 Å². The van der Waals surface area contributed by atoms with Crippen LogP contribution in [0.25, 0.3) is 0 Å². The fraction of sp³-hybridized carbons (Fsp3) is 0.684. The maximum absolute atomic E-state index is 6.08. The summed E-state index contributed by atoms with van der Waals surface area (Å²) >= 11 is 0. The molecule has 0 aromatic heterocycles. The van der Waals surface area contributed by atoms with Gasteiger partial charge in [-0.3, -0.25) is 0 Å². The highest BCUT2D eigenvalue weighted by Gasteiger charge is 2.16. The maximum Gasteiger partial charge on any atom is 0.119 e. The van der Waals surface area contributed by atoms with Gasteiger partial charge in [-0.2, -0.15) is 0 Å². The molecule has 0 atom stereocenters. The van der Waals surface area contributed by atoms with Crippen molar-refractivity contribution in [3.63, 3.8) is 0 Å². The van der Waals surface area contributed by atoms with E-state index in [1.54, 1.807) is 0 Å². The summed E-state index contributed by atoms with van der Waals surface area (Å²) < 4.78 is 6.08. The van der Waals surface area contributed by atoms with Crippen molar-refractivity contribution >= 4 is 18.1 Å². The molecule has 4 heteroatoms. The summed E-state index contributed by atoms with van der Waals surface area (Å²) in [5.74, 6) is 1.89. The molecule has 1 saturated heterocycles. The zero-order chi connectivity index (χ0) is 15.2. The monoisotopic (exact) mass is 338 g/mol. The van der Waals surface area contributed by atoms with Crippen molar-refractivity contribution in [2.75, 3.05) is 31.6 Å². The number of hydrogen-bond acceptors (Lipinski definition) is 3. The van der Waals surface area contributed by atoms with Gasteiger partial charge in [0.2, 0.25) is 0 Å². The first-order valence-corrected chi connectivity index (χ1v) is 9.00. The molecule has 0 unspecified atom stereocenters. The van der Waals surface area contributed by atoms with Gasteiger partial charge in [0.25, 0.3) is 0 Å². The fourth-order valence-corrected chi connectivity index (χ4v) is 3.75. The molecule has 0 spiro atoms. The Morgan fingerprint density at radius 3 is 2.30 bits per heavy atom. The van der Waals surface area contributed by atoms with E-state index >= 15 is 0 Å². The van der Waals surface area contributed by atoms with Gasteiger partial charge in [0.15, 0.2) is 0 Å². The molecular formula is C19H31ClN2O. The summed E-state index contributed by atoms with van der Waals surface area (Å²) in [4.78, 5) is 2.41. The van der Waals surface area contributed by atoms with Crippen LogP contribution in [0.3, 0.4) is 0 Å². The van der Waals surface area contributed by atoms with E-state index in [1.807, 2.05) is 0 Å². The lowest BCUT2D eigenvalue weighted by molar-refractivity contribution is 0.162. The lowest BCUT2D eigenvalue weighted by Gasteiger charge is -2.28. The molecule has 1 aromatic carbocycles. The third-order valence-corrected chi connectivity index (χ3v) is 5.12.